The molecule has 0 spiro atoms. The number of aromatic nitrogens is 1. The molecule has 3 aromatic rings. The van der Waals surface area contributed by atoms with Gasteiger partial charge in [-0.1, -0.05) is 23.7 Å². The predicted octanol–water partition coefficient (Wildman–Crippen LogP) is 4.19. The first-order chi connectivity index (χ1) is 12.6. The Hall–Kier alpha value is -2.09. The second-order valence-corrected chi connectivity index (χ2v) is 8.48. The molecule has 0 unspecified atom stereocenters. The van der Waals surface area contributed by atoms with Gasteiger partial charge in [-0.2, -0.15) is 0 Å². The van der Waals surface area contributed by atoms with Crippen molar-refractivity contribution in [2.75, 3.05) is 31.1 Å². The molecule has 1 aliphatic heterocycles. The Morgan fingerprint density at radius 2 is 1.88 bits per heavy atom. The molecule has 134 valence electrons. The summed E-state index contributed by atoms with van der Waals surface area (Å²) in [4.78, 5) is 22.1. The second kappa shape index (κ2) is 7.26. The van der Waals surface area contributed by atoms with Crippen LogP contribution < -0.4 is 4.90 Å². The molecule has 5 nitrogen and oxygen atoms in total. The molecule has 1 saturated heterocycles. The van der Waals surface area contributed by atoms with Crippen LogP contribution in [0.15, 0.2) is 41.8 Å². The monoisotopic (exact) mass is 405 g/mol. The van der Waals surface area contributed by atoms with Crippen LogP contribution >= 0.6 is 34.3 Å². The standard InChI is InChI=1S/C18H16ClN3O2S2/c19-16-6-5-15(26-16)17-20-12(11-25-17)18(24)22-9-7-21(8-10-22)13-3-1-2-4-14(13)23/h1-6,11,23H,7-10H2. The summed E-state index contributed by atoms with van der Waals surface area (Å²) in [5.41, 5.74) is 1.29. The summed E-state index contributed by atoms with van der Waals surface area (Å²) in [6.45, 7) is 2.57. The molecule has 0 saturated carbocycles. The lowest BCUT2D eigenvalue weighted by atomic mass is 10.2. The number of para-hydroxylation sites is 2. The number of piperazine rings is 1. The highest BCUT2D eigenvalue weighted by Crippen LogP contribution is 2.33. The van der Waals surface area contributed by atoms with Crippen LogP contribution in [0, 0.1) is 0 Å². The van der Waals surface area contributed by atoms with Gasteiger partial charge in [-0.3, -0.25) is 4.79 Å². The van der Waals surface area contributed by atoms with Crippen LogP contribution in [-0.4, -0.2) is 47.1 Å². The molecule has 0 radical (unpaired) electrons. The second-order valence-electron chi connectivity index (χ2n) is 5.91. The number of nitrogens with zero attached hydrogens (tertiary/aromatic N) is 3. The summed E-state index contributed by atoms with van der Waals surface area (Å²) in [6.07, 6.45) is 0. The maximum absolute atomic E-state index is 12.7. The first-order valence-corrected chi connectivity index (χ1v) is 10.2. The van der Waals surface area contributed by atoms with Gasteiger partial charge in [-0.05, 0) is 24.3 Å². The quantitative estimate of drug-likeness (QED) is 0.709. The SMILES string of the molecule is O=C(c1csc(-c2ccc(Cl)s2)n1)N1CCN(c2ccccc2O)CC1. The number of hydrogen-bond donors (Lipinski definition) is 1. The Kier molecular flexibility index (Phi) is 4.84. The molecule has 0 bridgehead atoms. The van der Waals surface area contributed by atoms with Crippen molar-refractivity contribution in [2.24, 2.45) is 0 Å². The van der Waals surface area contributed by atoms with Crippen LogP contribution in [0.5, 0.6) is 5.75 Å². The highest BCUT2D eigenvalue weighted by atomic mass is 35.5. The Labute approximate surface area is 164 Å². The Morgan fingerprint density at radius 1 is 1.12 bits per heavy atom. The van der Waals surface area contributed by atoms with Crippen LogP contribution in [0.1, 0.15) is 10.5 Å². The Morgan fingerprint density at radius 3 is 2.58 bits per heavy atom. The minimum atomic E-state index is -0.0490. The molecule has 26 heavy (non-hydrogen) atoms. The first kappa shape index (κ1) is 17.3. The van der Waals surface area contributed by atoms with Crippen molar-refractivity contribution in [2.45, 2.75) is 0 Å². The van der Waals surface area contributed by atoms with Gasteiger partial charge >= 0.3 is 0 Å². The van der Waals surface area contributed by atoms with Gasteiger partial charge in [0.2, 0.25) is 0 Å². The van der Waals surface area contributed by atoms with Crippen molar-refractivity contribution in [1.82, 2.24) is 9.88 Å². The number of thiazole rings is 1. The fourth-order valence-corrected chi connectivity index (χ4v) is 4.87. The van der Waals surface area contributed by atoms with Crippen LogP contribution in [0.4, 0.5) is 5.69 Å². The average molecular weight is 406 g/mol. The molecule has 0 atom stereocenters. The van der Waals surface area contributed by atoms with E-state index in [2.05, 4.69) is 9.88 Å². The first-order valence-electron chi connectivity index (χ1n) is 8.15. The minimum absolute atomic E-state index is 0.0490. The fraction of sp³-hybridized carbons (Fsp3) is 0.222. The largest absolute Gasteiger partial charge is 0.506 e. The predicted molar refractivity (Wildman–Crippen MR) is 107 cm³/mol. The Bertz CT molecular complexity index is 932. The van der Waals surface area contributed by atoms with Gasteiger partial charge in [0.1, 0.15) is 16.5 Å². The summed E-state index contributed by atoms with van der Waals surface area (Å²) >= 11 is 8.89. The van der Waals surface area contributed by atoms with E-state index in [1.165, 1.54) is 22.7 Å². The van der Waals surface area contributed by atoms with E-state index >= 15 is 0 Å². The van der Waals surface area contributed by atoms with Crippen molar-refractivity contribution in [3.8, 4) is 15.6 Å². The van der Waals surface area contributed by atoms with E-state index in [-0.39, 0.29) is 11.7 Å². The van der Waals surface area contributed by atoms with Gasteiger partial charge in [-0.15, -0.1) is 22.7 Å². The number of carbonyl (C=O) groups excluding carboxylic acids is 1. The number of thiophene rings is 1. The lowest BCUT2D eigenvalue weighted by molar-refractivity contribution is 0.0741. The van der Waals surface area contributed by atoms with Crippen molar-refractivity contribution in [3.63, 3.8) is 0 Å². The lowest BCUT2D eigenvalue weighted by Gasteiger charge is -2.36. The zero-order chi connectivity index (χ0) is 18.1. The topological polar surface area (TPSA) is 56.7 Å². The van der Waals surface area contributed by atoms with E-state index in [1.807, 2.05) is 29.2 Å². The Balaban J connectivity index is 1.42. The molecule has 4 rings (SSSR count). The van der Waals surface area contributed by atoms with Crippen LogP contribution in [-0.2, 0) is 0 Å². The third-order valence-electron chi connectivity index (χ3n) is 4.30. The van der Waals surface area contributed by atoms with Crippen LogP contribution in [0.3, 0.4) is 0 Å². The zero-order valence-corrected chi connectivity index (χ0v) is 16.2. The number of carbonyl (C=O) groups is 1. The number of halogens is 1. The van der Waals surface area contributed by atoms with E-state index in [4.69, 9.17) is 11.6 Å². The molecule has 0 aliphatic carbocycles. The number of phenolic OH excluding ortho intramolecular Hbond substituents is 1. The van der Waals surface area contributed by atoms with E-state index in [1.54, 1.807) is 17.5 Å². The summed E-state index contributed by atoms with van der Waals surface area (Å²) in [5, 5.41) is 12.6. The maximum Gasteiger partial charge on any atom is 0.273 e. The molecule has 1 amide bonds. The minimum Gasteiger partial charge on any atom is -0.506 e. The van der Waals surface area contributed by atoms with Crippen molar-refractivity contribution < 1.29 is 9.90 Å². The number of phenols is 1. The molecule has 1 aliphatic rings. The van der Waals surface area contributed by atoms with E-state index in [9.17, 15) is 9.90 Å². The molecule has 1 fully saturated rings. The third-order valence-corrected chi connectivity index (χ3v) is 6.54. The van der Waals surface area contributed by atoms with E-state index < -0.39 is 0 Å². The van der Waals surface area contributed by atoms with E-state index in [0.717, 1.165) is 15.6 Å². The molecule has 2 aromatic heterocycles. The van der Waals surface area contributed by atoms with Crippen molar-refractivity contribution >= 4 is 45.9 Å². The summed E-state index contributed by atoms with van der Waals surface area (Å²) < 4.78 is 0.711. The number of rotatable bonds is 3. The van der Waals surface area contributed by atoms with Gasteiger partial charge < -0.3 is 14.9 Å². The average Bonchev–Trinajstić information content (AvgIpc) is 3.31. The number of benzene rings is 1. The normalized spacial score (nSPS) is 14.7. The summed E-state index contributed by atoms with van der Waals surface area (Å²) in [7, 11) is 0. The highest BCUT2D eigenvalue weighted by molar-refractivity contribution is 7.23. The smallest absolute Gasteiger partial charge is 0.273 e. The lowest BCUT2D eigenvalue weighted by Crippen LogP contribution is -2.48. The van der Waals surface area contributed by atoms with Gasteiger partial charge in [0.15, 0.2) is 0 Å². The molecule has 8 heteroatoms. The highest BCUT2D eigenvalue weighted by Gasteiger charge is 2.25. The van der Waals surface area contributed by atoms with Gasteiger partial charge in [0, 0.05) is 31.6 Å². The van der Waals surface area contributed by atoms with Crippen LogP contribution in [0.2, 0.25) is 4.34 Å². The molecule has 1 aromatic carbocycles. The number of hydrogen-bond acceptors (Lipinski definition) is 6. The molecular formula is C18H16ClN3O2S2. The third kappa shape index (κ3) is 3.42. The van der Waals surface area contributed by atoms with Crippen molar-refractivity contribution in [1.29, 1.82) is 0 Å². The fourth-order valence-electron chi connectivity index (χ4n) is 2.96. The van der Waals surface area contributed by atoms with Crippen LogP contribution in [0.25, 0.3) is 9.88 Å². The van der Waals surface area contributed by atoms with Gasteiger partial charge in [0.25, 0.3) is 5.91 Å². The number of aromatic hydroxyl groups is 1. The maximum atomic E-state index is 12.7. The van der Waals surface area contributed by atoms with Crippen molar-refractivity contribution in [3.05, 3.63) is 51.8 Å². The van der Waals surface area contributed by atoms with Gasteiger partial charge in [0.05, 0.1) is 14.9 Å². The molecular weight excluding hydrogens is 390 g/mol. The molecule has 1 N–H and O–H groups in total. The number of anilines is 1. The van der Waals surface area contributed by atoms with Gasteiger partial charge in [-0.25, -0.2) is 4.98 Å². The summed E-state index contributed by atoms with van der Waals surface area (Å²) in [6, 6.07) is 11.0. The van der Waals surface area contributed by atoms with E-state index in [0.29, 0.717) is 36.2 Å². The number of amides is 1. The summed E-state index contributed by atoms with van der Waals surface area (Å²) in [5.74, 6) is 0.220. The molecule has 3 heterocycles. The zero-order valence-electron chi connectivity index (χ0n) is 13.8.